The van der Waals surface area contributed by atoms with Crippen molar-refractivity contribution in [3.63, 3.8) is 0 Å². The second-order valence-electron chi connectivity index (χ2n) is 3.48. The van der Waals surface area contributed by atoms with E-state index in [0.717, 1.165) is 6.42 Å². The summed E-state index contributed by atoms with van der Waals surface area (Å²) in [6, 6.07) is 7.59. The van der Waals surface area contributed by atoms with Crippen molar-refractivity contribution in [1.82, 2.24) is 0 Å². The molecule has 1 atom stereocenters. The first kappa shape index (κ1) is 8.88. The Balaban J connectivity index is 2.18. The van der Waals surface area contributed by atoms with Crippen molar-refractivity contribution in [2.45, 2.75) is 12.3 Å². The van der Waals surface area contributed by atoms with Crippen LogP contribution in [0.3, 0.4) is 0 Å². The number of hydrogen-bond acceptors (Lipinski definition) is 0. The first-order valence-electron chi connectivity index (χ1n) is 4.67. The van der Waals surface area contributed by atoms with Gasteiger partial charge in [0.25, 0.3) is 5.75 Å². The Morgan fingerprint density at radius 3 is 2.36 bits per heavy atom. The molecule has 0 heterocycles. The van der Waals surface area contributed by atoms with Crippen molar-refractivity contribution in [2.24, 2.45) is 0 Å². The van der Waals surface area contributed by atoms with E-state index in [1.807, 2.05) is 36.4 Å². The van der Waals surface area contributed by atoms with Crippen molar-refractivity contribution >= 4 is 0 Å². The van der Waals surface area contributed by atoms with Gasteiger partial charge in [-0.05, 0) is 24.1 Å². The molecular formula is C12H14O2+2. The smallest absolute Gasteiger partial charge is 0.253 e. The van der Waals surface area contributed by atoms with Crippen molar-refractivity contribution in [2.75, 3.05) is 0 Å². The van der Waals surface area contributed by atoms with E-state index in [2.05, 4.69) is 6.08 Å². The molecule has 0 radical (unpaired) electrons. The molecule has 1 unspecified atom stereocenters. The Kier molecular flexibility index (Phi) is 2.27. The van der Waals surface area contributed by atoms with Gasteiger partial charge in [-0.2, -0.15) is 0 Å². The maximum absolute atomic E-state index is 7.40. The quantitative estimate of drug-likeness (QED) is 0.606. The summed E-state index contributed by atoms with van der Waals surface area (Å²) in [5.74, 6) is 1.52. The molecule has 0 aliphatic heterocycles. The van der Waals surface area contributed by atoms with Crippen LogP contribution in [0.1, 0.15) is 17.9 Å². The van der Waals surface area contributed by atoms with E-state index in [9.17, 15) is 0 Å². The van der Waals surface area contributed by atoms with E-state index in [4.69, 9.17) is 10.2 Å². The third-order valence-electron chi connectivity index (χ3n) is 2.44. The Morgan fingerprint density at radius 1 is 1.07 bits per heavy atom. The summed E-state index contributed by atoms with van der Waals surface area (Å²) in [7, 11) is 0. The highest BCUT2D eigenvalue weighted by Crippen LogP contribution is 2.26. The van der Waals surface area contributed by atoms with Crippen LogP contribution in [0, 0.1) is 0 Å². The number of benzene rings is 1. The number of hydrogen-bond donors (Lipinski definition) is 0. The molecule has 4 N–H and O–H groups in total. The van der Waals surface area contributed by atoms with Gasteiger partial charge in [0.05, 0.1) is 0 Å². The molecule has 0 aromatic heterocycles. The molecule has 1 aliphatic carbocycles. The van der Waals surface area contributed by atoms with Crippen LogP contribution in [0.15, 0.2) is 48.3 Å². The van der Waals surface area contributed by atoms with Gasteiger partial charge in [-0.1, -0.05) is 6.08 Å². The van der Waals surface area contributed by atoms with E-state index < -0.39 is 0 Å². The largest absolute Gasteiger partial charge is 0.594 e. The predicted octanol–water partition coefficient (Wildman–Crippen LogP) is 1.78. The van der Waals surface area contributed by atoms with Crippen LogP contribution >= 0.6 is 0 Å². The van der Waals surface area contributed by atoms with E-state index in [0.29, 0.717) is 17.4 Å². The summed E-state index contributed by atoms with van der Waals surface area (Å²) < 4.78 is 0. The molecular weight excluding hydrogens is 176 g/mol. The SMILES string of the molecule is [OH2+]C1=CCC(c2ccc([OH2+])cc2)C=C1. The van der Waals surface area contributed by atoms with Crippen LogP contribution in [0.5, 0.6) is 5.75 Å². The summed E-state index contributed by atoms with van der Waals surface area (Å²) in [4.78, 5) is 0. The highest BCUT2D eigenvalue weighted by Gasteiger charge is 2.12. The average Bonchev–Trinajstić information content (AvgIpc) is 2.21. The van der Waals surface area contributed by atoms with Crippen LogP contribution < -0.4 is 0 Å². The minimum absolute atomic E-state index is 0.379. The summed E-state index contributed by atoms with van der Waals surface area (Å²) in [5.41, 5.74) is 1.22. The molecule has 0 saturated heterocycles. The minimum atomic E-state index is 0.379. The van der Waals surface area contributed by atoms with Crippen LogP contribution in [0.2, 0.25) is 0 Å². The van der Waals surface area contributed by atoms with E-state index >= 15 is 0 Å². The molecule has 72 valence electrons. The monoisotopic (exact) mass is 190 g/mol. The lowest BCUT2D eigenvalue weighted by Crippen LogP contribution is -1.97. The Labute approximate surface area is 82.8 Å². The first-order valence-corrected chi connectivity index (χ1v) is 4.67. The fourth-order valence-electron chi connectivity index (χ4n) is 1.60. The molecule has 14 heavy (non-hydrogen) atoms. The minimum Gasteiger partial charge on any atom is -0.594 e. The average molecular weight is 190 g/mol. The summed E-state index contributed by atoms with van der Waals surface area (Å²) in [6.45, 7) is 0. The molecule has 0 spiro atoms. The van der Waals surface area contributed by atoms with Gasteiger partial charge in [0.2, 0.25) is 5.76 Å². The van der Waals surface area contributed by atoms with Gasteiger partial charge in [-0.25, -0.2) is 0 Å². The van der Waals surface area contributed by atoms with Gasteiger partial charge >= 0.3 is 0 Å². The molecule has 2 heteroatoms. The number of allylic oxidation sites excluding steroid dienone is 3. The molecule has 2 rings (SSSR count). The second-order valence-corrected chi connectivity index (χ2v) is 3.48. The maximum Gasteiger partial charge on any atom is 0.253 e. The Morgan fingerprint density at radius 2 is 1.79 bits per heavy atom. The molecule has 0 amide bonds. The van der Waals surface area contributed by atoms with Gasteiger partial charge in [0.1, 0.15) is 0 Å². The maximum atomic E-state index is 7.40. The molecule has 0 saturated carbocycles. The summed E-state index contributed by atoms with van der Waals surface area (Å²) >= 11 is 0. The highest BCUT2D eigenvalue weighted by atomic mass is 16.3. The summed E-state index contributed by atoms with van der Waals surface area (Å²) in [5, 5.41) is 14.8. The van der Waals surface area contributed by atoms with Gasteiger partial charge in [0.15, 0.2) is 0 Å². The van der Waals surface area contributed by atoms with Crippen LogP contribution in [-0.2, 0) is 0 Å². The molecule has 0 bridgehead atoms. The van der Waals surface area contributed by atoms with Crippen molar-refractivity contribution in [3.05, 3.63) is 53.8 Å². The zero-order valence-electron chi connectivity index (χ0n) is 7.83. The summed E-state index contributed by atoms with van der Waals surface area (Å²) in [6.07, 6.45) is 6.72. The molecule has 2 nitrogen and oxygen atoms in total. The van der Waals surface area contributed by atoms with Crippen molar-refractivity contribution < 1.29 is 10.2 Å². The Hall–Kier alpha value is -1.70. The molecule has 0 fully saturated rings. The molecule has 1 aromatic rings. The van der Waals surface area contributed by atoms with Gasteiger partial charge < -0.3 is 10.2 Å². The molecule has 1 aliphatic rings. The van der Waals surface area contributed by atoms with E-state index in [1.54, 1.807) is 0 Å². The van der Waals surface area contributed by atoms with Gasteiger partial charge in [0, 0.05) is 30.2 Å². The third kappa shape index (κ3) is 1.79. The topological polar surface area (TPSA) is 45.8 Å². The molecule has 1 aromatic carbocycles. The standard InChI is InChI=1S/C12H12O2/c13-11-5-1-9(2-6-11)10-3-7-12(14)8-4-10/h1-3,5-8,10,13-14H,4H2/p+2. The highest BCUT2D eigenvalue weighted by molar-refractivity contribution is 5.33. The zero-order valence-corrected chi connectivity index (χ0v) is 7.83. The van der Waals surface area contributed by atoms with Gasteiger partial charge in [-0.3, -0.25) is 0 Å². The number of rotatable bonds is 1. The van der Waals surface area contributed by atoms with E-state index in [-0.39, 0.29) is 0 Å². The van der Waals surface area contributed by atoms with E-state index in [1.165, 1.54) is 5.56 Å². The fourth-order valence-corrected chi connectivity index (χ4v) is 1.60. The first-order chi connectivity index (χ1) is 6.75. The third-order valence-corrected chi connectivity index (χ3v) is 2.44. The van der Waals surface area contributed by atoms with Crippen LogP contribution in [0.4, 0.5) is 0 Å². The Bertz CT molecular complexity index is 374. The lowest BCUT2D eigenvalue weighted by atomic mass is 9.92. The normalized spacial score (nSPS) is 20.6. The lowest BCUT2D eigenvalue weighted by molar-refractivity contribution is 0.425. The zero-order chi connectivity index (χ0) is 9.97. The lowest BCUT2D eigenvalue weighted by Gasteiger charge is -2.12. The second kappa shape index (κ2) is 3.58. The predicted molar refractivity (Wildman–Crippen MR) is 57.7 cm³/mol. The van der Waals surface area contributed by atoms with Crippen molar-refractivity contribution in [1.29, 1.82) is 0 Å². The fraction of sp³-hybridized carbons (Fsp3) is 0.167. The van der Waals surface area contributed by atoms with Gasteiger partial charge in [-0.15, -0.1) is 0 Å². The van der Waals surface area contributed by atoms with Crippen LogP contribution in [0.25, 0.3) is 0 Å². The van der Waals surface area contributed by atoms with Crippen LogP contribution in [-0.4, -0.2) is 10.2 Å². The van der Waals surface area contributed by atoms with Crippen molar-refractivity contribution in [3.8, 4) is 5.75 Å².